The topological polar surface area (TPSA) is 12.0 Å². The molecule has 0 saturated heterocycles. The lowest BCUT2D eigenvalue weighted by Crippen LogP contribution is -2.21. The van der Waals surface area contributed by atoms with Crippen LogP contribution in [-0.2, 0) is 0 Å². The van der Waals surface area contributed by atoms with Crippen molar-refractivity contribution in [2.75, 3.05) is 6.54 Å². The molecular formula is C17H19F2NS. The first-order valence-corrected chi connectivity index (χ1v) is 8.21. The van der Waals surface area contributed by atoms with Crippen LogP contribution in [0.2, 0.25) is 0 Å². The molecule has 1 aromatic carbocycles. The van der Waals surface area contributed by atoms with Gasteiger partial charge in [-0.05, 0) is 62.1 Å². The van der Waals surface area contributed by atoms with Crippen LogP contribution in [0.1, 0.15) is 36.2 Å². The Bertz CT molecular complexity index is 646. The van der Waals surface area contributed by atoms with E-state index in [0.717, 1.165) is 11.4 Å². The summed E-state index contributed by atoms with van der Waals surface area (Å²) < 4.78 is 27.8. The van der Waals surface area contributed by atoms with Gasteiger partial charge in [-0.3, -0.25) is 0 Å². The smallest absolute Gasteiger partial charge is 0.132 e. The van der Waals surface area contributed by atoms with E-state index in [2.05, 4.69) is 12.2 Å². The normalized spacial score (nSPS) is 16.2. The summed E-state index contributed by atoms with van der Waals surface area (Å²) in [7, 11) is 0. The first kappa shape index (κ1) is 14.7. The second-order valence-corrected chi connectivity index (χ2v) is 6.77. The third-order valence-corrected chi connectivity index (χ3v) is 5.17. The summed E-state index contributed by atoms with van der Waals surface area (Å²) in [6, 6.07) is 6.88. The molecule has 3 rings (SSSR count). The lowest BCUT2D eigenvalue weighted by Gasteiger charge is -2.15. The van der Waals surface area contributed by atoms with E-state index in [4.69, 9.17) is 0 Å². The summed E-state index contributed by atoms with van der Waals surface area (Å²) in [4.78, 5) is 2.01. The van der Waals surface area contributed by atoms with Gasteiger partial charge in [-0.25, -0.2) is 8.78 Å². The molecule has 1 aliphatic rings. The molecule has 1 aliphatic carbocycles. The number of rotatable bonds is 5. The summed E-state index contributed by atoms with van der Waals surface area (Å²) in [6.45, 7) is 4.59. The number of nitrogens with one attached hydrogen (secondary N) is 1. The van der Waals surface area contributed by atoms with Gasteiger partial charge in [0.05, 0.1) is 0 Å². The maximum atomic E-state index is 14.1. The average molecular weight is 307 g/mol. The SMILES string of the molecule is CCNC(c1ccc(-c2cc(F)c(C)cc2F)s1)C1CC1. The van der Waals surface area contributed by atoms with Crippen molar-refractivity contribution in [3.8, 4) is 10.4 Å². The van der Waals surface area contributed by atoms with Crippen LogP contribution in [0.25, 0.3) is 10.4 Å². The summed E-state index contributed by atoms with van der Waals surface area (Å²) in [5.41, 5.74) is 0.705. The van der Waals surface area contributed by atoms with Crippen LogP contribution in [0.4, 0.5) is 8.78 Å². The first-order chi connectivity index (χ1) is 10.1. The molecule has 0 spiro atoms. The van der Waals surface area contributed by atoms with Crippen molar-refractivity contribution in [1.29, 1.82) is 0 Å². The highest BCUT2D eigenvalue weighted by atomic mass is 32.1. The van der Waals surface area contributed by atoms with Crippen molar-refractivity contribution in [1.82, 2.24) is 5.32 Å². The minimum absolute atomic E-state index is 0.344. The van der Waals surface area contributed by atoms with Gasteiger partial charge in [-0.2, -0.15) is 0 Å². The van der Waals surface area contributed by atoms with Gasteiger partial charge in [0.2, 0.25) is 0 Å². The average Bonchev–Trinajstić information content (AvgIpc) is 3.17. The molecule has 0 amide bonds. The molecule has 1 atom stereocenters. The third-order valence-electron chi connectivity index (χ3n) is 3.96. The van der Waals surface area contributed by atoms with E-state index in [1.807, 2.05) is 12.1 Å². The van der Waals surface area contributed by atoms with Gasteiger partial charge in [0.25, 0.3) is 0 Å². The van der Waals surface area contributed by atoms with Gasteiger partial charge >= 0.3 is 0 Å². The molecular weight excluding hydrogens is 288 g/mol. The van der Waals surface area contributed by atoms with E-state index in [9.17, 15) is 8.78 Å². The molecule has 1 heterocycles. The molecule has 4 heteroatoms. The molecule has 21 heavy (non-hydrogen) atoms. The fourth-order valence-electron chi connectivity index (χ4n) is 2.65. The van der Waals surface area contributed by atoms with Crippen LogP contribution in [0.15, 0.2) is 24.3 Å². The largest absolute Gasteiger partial charge is 0.309 e. The quantitative estimate of drug-likeness (QED) is 0.814. The minimum atomic E-state index is -0.355. The van der Waals surface area contributed by atoms with Crippen LogP contribution < -0.4 is 5.32 Å². The number of halogens is 2. The first-order valence-electron chi connectivity index (χ1n) is 7.39. The third kappa shape index (κ3) is 3.01. The van der Waals surface area contributed by atoms with E-state index in [1.165, 1.54) is 29.9 Å². The van der Waals surface area contributed by atoms with Crippen LogP contribution in [0, 0.1) is 24.5 Å². The number of thiophene rings is 1. The Morgan fingerprint density at radius 3 is 2.67 bits per heavy atom. The second kappa shape index (κ2) is 5.85. The Kier molecular flexibility index (Phi) is 4.09. The maximum absolute atomic E-state index is 14.1. The summed E-state index contributed by atoms with van der Waals surface area (Å²) >= 11 is 1.56. The lowest BCUT2D eigenvalue weighted by atomic mass is 10.1. The predicted octanol–water partition coefficient (Wildman–Crippen LogP) is 5.06. The molecule has 1 aromatic heterocycles. The Morgan fingerprint density at radius 2 is 2.00 bits per heavy atom. The highest BCUT2D eigenvalue weighted by Crippen LogP contribution is 2.44. The standard InChI is InChI=1S/C17H19F2NS/c1-3-20-17(11-4-5-11)16-7-6-15(21-16)12-9-13(18)10(2)8-14(12)19/h6-9,11,17,20H,3-5H2,1-2H3. The van der Waals surface area contributed by atoms with E-state index in [-0.39, 0.29) is 11.6 Å². The molecule has 1 saturated carbocycles. The number of hydrogen-bond acceptors (Lipinski definition) is 2. The number of aryl methyl sites for hydroxylation is 1. The Balaban J connectivity index is 1.92. The molecule has 0 radical (unpaired) electrons. The predicted molar refractivity (Wildman–Crippen MR) is 83.5 cm³/mol. The monoisotopic (exact) mass is 307 g/mol. The van der Waals surface area contributed by atoms with Gasteiger partial charge in [-0.1, -0.05) is 6.92 Å². The molecule has 1 fully saturated rings. The Labute approximate surface area is 128 Å². The number of benzene rings is 1. The zero-order valence-electron chi connectivity index (χ0n) is 12.2. The molecule has 2 aromatic rings. The second-order valence-electron chi connectivity index (χ2n) is 5.66. The molecule has 0 bridgehead atoms. The van der Waals surface area contributed by atoms with Gasteiger partial charge in [0, 0.05) is 21.4 Å². The van der Waals surface area contributed by atoms with Crippen LogP contribution in [-0.4, -0.2) is 6.54 Å². The van der Waals surface area contributed by atoms with Crippen molar-refractivity contribution in [2.45, 2.75) is 32.7 Å². The summed E-state index contributed by atoms with van der Waals surface area (Å²) in [5, 5.41) is 3.50. The summed E-state index contributed by atoms with van der Waals surface area (Å²) in [6.07, 6.45) is 2.50. The van der Waals surface area contributed by atoms with Crippen LogP contribution in [0.5, 0.6) is 0 Å². The lowest BCUT2D eigenvalue weighted by molar-refractivity contribution is 0.504. The maximum Gasteiger partial charge on any atom is 0.132 e. The van der Waals surface area contributed by atoms with Crippen molar-refractivity contribution in [3.63, 3.8) is 0 Å². The Hall–Kier alpha value is -1.26. The van der Waals surface area contributed by atoms with E-state index in [0.29, 0.717) is 23.1 Å². The highest BCUT2D eigenvalue weighted by Gasteiger charge is 2.32. The van der Waals surface area contributed by atoms with E-state index >= 15 is 0 Å². The van der Waals surface area contributed by atoms with Crippen LogP contribution in [0.3, 0.4) is 0 Å². The van der Waals surface area contributed by atoms with Gasteiger partial charge in [0.15, 0.2) is 0 Å². The van der Waals surface area contributed by atoms with Gasteiger partial charge in [0.1, 0.15) is 11.6 Å². The zero-order chi connectivity index (χ0) is 15.0. The fraction of sp³-hybridized carbons (Fsp3) is 0.412. The fourth-order valence-corrected chi connectivity index (χ4v) is 3.84. The van der Waals surface area contributed by atoms with E-state index < -0.39 is 0 Å². The molecule has 1 nitrogen and oxygen atoms in total. The highest BCUT2D eigenvalue weighted by molar-refractivity contribution is 7.15. The molecule has 1 N–H and O–H groups in total. The van der Waals surface area contributed by atoms with Crippen molar-refractivity contribution < 1.29 is 8.78 Å². The van der Waals surface area contributed by atoms with Crippen molar-refractivity contribution >= 4 is 11.3 Å². The molecule has 0 aliphatic heterocycles. The van der Waals surface area contributed by atoms with Crippen molar-refractivity contribution in [3.05, 3.63) is 46.3 Å². The summed E-state index contributed by atoms with van der Waals surface area (Å²) in [5.74, 6) is -0.0171. The molecule has 1 unspecified atom stereocenters. The van der Waals surface area contributed by atoms with Gasteiger partial charge in [-0.15, -0.1) is 11.3 Å². The zero-order valence-corrected chi connectivity index (χ0v) is 13.1. The van der Waals surface area contributed by atoms with Crippen molar-refractivity contribution in [2.24, 2.45) is 5.92 Å². The Morgan fingerprint density at radius 1 is 1.24 bits per heavy atom. The van der Waals surface area contributed by atoms with E-state index in [1.54, 1.807) is 18.3 Å². The number of hydrogen-bond donors (Lipinski definition) is 1. The minimum Gasteiger partial charge on any atom is -0.309 e. The van der Waals surface area contributed by atoms with Crippen LogP contribution >= 0.6 is 11.3 Å². The van der Waals surface area contributed by atoms with Gasteiger partial charge < -0.3 is 5.32 Å². The molecule has 112 valence electrons.